The van der Waals surface area contributed by atoms with Crippen LogP contribution in [0.3, 0.4) is 0 Å². The van der Waals surface area contributed by atoms with Gasteiger partial charge in [0, 0.05) is 24.7 Å². The summed E-state index contributed by atoms with van der Waals surface area (Å²) in [5, 5.41) is 2.79. The number of piperidine rings is 1. The fraction of sp³-hybridized carbons (Fsp3) is 0.533. The number of rotatable bonds is 2. The summed E-state index contributed by atoms with van der Waals surface area (Å²) in [5.74, 6) is -0.0956. The van der Waals surface area contributed by atoms with Crippen LogP contribution in [-0.2, 0) is 9.47 Å². The van der Waals surface area contributed by atoms with E-state index in [-0.39, 0.29) is 24.1 Å². The van der Waals surface area contributed by atoms with Gasteiger partial charge >= 0.3 is 6.03 Å². The molecule has 114 valence electrons. The smallest absolute Gasteiger partial charge is 0.321 e. The van der Waals surface area contributed by atoms with Crippen LogP contribution in [0.5, 0.6) is 0 Å². The van der Waals surface area contributed by atoms with Crippen LogP contribution < -0.4 is 5.32 Å². The first-order valence-electron chi connectivity index (χ1n) is 7.27. The SMILES string of the molecule is O=C(Nc1ccc(F)cc1)N1CCC[C@@H](C2OCCO2)C1. The standard InChI is InChI=1S/C15H19FN2O3/c16-12-3-5-13(6-4-12)17-15(19)18-7-1-2-11(10-18)14-20-8-9-21-14/h3-6,11,14H,1-2,7-10H2,(H,17,19)/t11-/m1/s1. The average molecular weight is 294 g/mol. The number of nitrogens with zero attached hydrogens (tertiary/aromatic N) is 1. The van der Waals surface area contributed by atoms with Crippen molar-refractivity contribution in [3.8, 4) is 0 Å². The maximum atomic E-state index is 12.9. The Hall–Kier alpha value is -1.66. The molecule has 2 amide bonds. The lowest BCUT2D eigenvalue weighted by Gasteiger charge is -2.34. The zero-order valence-corrected chi connectivity index (χ0v) is 11.8. The van der Waals surface area contributed by atoms with Gasteiger partial charge in [0.15, 0.2) is 6.29 Å². The quantitative estimate of drug-likeness (QED) is 0.911. The molecule has 0 unspecified atom stereocenters. The Morgan fingerprint density at radius 2 is 1.95 bits per heavy atom. The molecule has 2 aliphatic heterocycles. The third-order valence-corrected chi connectivity index (χ3v) is 3.87. The maximum absolute atomic E-state index is 12.9. The van der Waals surface area contributed by atoms with Crippen LogP contribution in [-0.4, -0.2) is 43.5 Å². The molecule has 0 bridgehead atoms. The van der Waals surface area contributed by atoms with Crippen molar-refractivity contribution in [3.63, 3.8) is 0 Å². The predicted molar refractivity (Wildman–Crippen MR) is 75.4 cm³/mol. The molecule has 0 spiro atoms. The van der Waals surface area contributed by atoms with Crippen LogP contribution >= 0.6 is 0 Å². The number of amides is 2. The van der Waals surface area contributed by atoms with E-state index < -0.39 is 0 Å². The minimum Gasteiger partial charge on any atom is -0.350 e. The van der Waals surface area contributed by atoms with Crippen molar-refractivity contribution in [2.75, 3.05) is 31.6 Å². The van der Waals surface area contributed by atoms with Crippen LogP contribution in [0.2, 0.25) is 0 Å². The van der Waals surface area contributed by atoms with E-state index in [0.717, 1.165) is 19.4 Å². The molecule has 0 radical (unpaired) electrons. The molecule has 2 saturated heterocycles. The van der Waals surface area contributed by atoms with E-state index in [1.807, 2.05) is 0 Å². The lowest BCUT2D eigenvalue weighted by atomic mass is 9.98. The van der Waals surface area contributed by atoms with E-state index >= 15 is 0 Å². The van der Waals surface area contributed by atoms with E-state index in [0.29, 0.717) is 25.4 Å². The van der Waals surface area contributed by atoms with E-state index in [4.69, 9.17) is 9.47 Å². The maximum Gasteiger partial charge on any atom is 0.321 e. The molecule has 5 nitrogen and oxygen atoms in total. The molecule has 1 aromatic rings. The first kappa shape index (κ1) is 14.3. The second-order valence-corrected chi connectivity index (χ2v) is 5.40. The van der Waals surface area contributed by atoms with E-state index in [2.05, 4.69) is 5.32 Å². The highest BCUT2D eigenvalue weighted by Gasteiger charge is 2.32. The van der Waals surface area contributed by atoms with E-state index in [1.54, 1.807) is 17.0 Å². The molecular weight excluding hydrogens is 275 g/mol. The Morgan fingerprint density at radius 1 is 1.24 bits per heavy atom. The summed E-state index contributed by atoms with van der Waals surface area (Å²) in [6.07, 6.45) is 1.75. The number of carbonyl (C=O) groups excluding carboxylic acids is 1. The molecule has 0 aromatic heterocycles. The Balaban J connectivity index is 1.57. The Morgan fingerprint density at radius 3 is 2.67 bits per heavy atom. The summed E-state index contributed by atoms with van der Waals surface area (Å²) in [6, 6.07) is 5.60. The van der Waals surface area contributed by atoms with Crippen LogP contribution in [0.4, 0.5) is 14.9 Å². The molecule has 2 fully saturated rings. The fourth-order valence-corrected chi connectivity index (χ4v) is 2.80. The molecule has 1 aromatic carbocycles. The Bertz CT molecular complexity index is 488. The molecule has 21 heavy (non-hydrogen) atoms. The topological polar surface area (TPSA) is 50.8 Å². The molecule has 0 saturated carbocycles. The van der Waals surface area contributed by atoms with Gasteiger partial charge in [0.1, 0.15) is 5.82 Å². The molecule has 0 aliphatic carbocycles. The number of carbonyl (C=O) groups is 1. The van der Waals surface area contributed by atoms with Crippen molar-refractivity contribution in [2.24, 2.45) is 5.92 Å². The van der Waals surface area contributed by atoms with Crippen molar-refractivity contribution in [1.29, 1.82) is 0 Å². The van der Waals surface area contributed by atoms with Gasteiger partial charge in [-0.1, -0.05) is 0 Å². The molecular formula is C15H19FN2O3. The Kier molecular flexibility index (Phi) is 4.36. The third-order valence-electron chi connectivity index (χ3n) is 3.87. The molecule has 2 heterocycles. The monoisotopic (exact) mass is 294 g/mol. The lowest BCUT2D eigenvalue weighted by molar-refractivity contribution is -0.0959. The van der Waals surface area contributed by atoms with Crippen LogP contribution in [0.15, 0.2) is 24.3 Å². The van der Waals surface area contributed by atoms with E-state index in [1.165, 1.54) is 12.1 Å². The molecule has 2 aliphatic rings. The van der Waals surface area contributed by atoms with Crippen LogP contribution in [0.1, 0.15) is 12.8 Å². The highest BCUT2D eigenvalue weighted by molar-refractivity contribution is 5.89. The number of urea groups is 1. The van der Waals surface area contributed by atoms with Gasteiger partial charge < -0.3 is 19.7 Å². The minimum atomic E-state index is -0.318. The second kappa shape index (κ2) is 6.41. The van der Waals surface area contributed by atoms with Crippen LogP contribution in [0, 0.1) is 11.7 Å². The summed E-state index contributed by atoms with van der Waals surface area (Å²) in [7, 11) is 0. The van der Waals surface area contributed by atoms with Gasteiger partial charge in [-0.05, 0) is 37.1 Å². The van der Waals surface area contributed by atoms with Gasteiger partial charge in [0.25, 0.3) is 0 Å². The number of nitrogens with one attached hydrogen (secondary N) is 1. The number of ether oxygens (including phenoxy) is 2. The van der Waals surface area contributed by atoms with Gasteiger partial charge in [-0.15, -0.1) is 0 Å². The lowest BCUT2D eigenvalue weighted by Crippen LogP contribution is -2.45. The summed E-state index contributed by atoms with van der Waals surface area (Å²) in [5.41, 5.74) is 0.594. The summed E-state index contributed by atoms with van der Waals surface area (Å²) < 4.78 is 23.9. The third kappa shape index (κ3) is 3.51. The van der Waals surface area contributed by atoms with Gasteiger partial charge in [-0.3, -0.25) is 0 Å². The van der Waals surface area contributed by atoms with Gasteiger partial charge in [-0.25, -0.2) is 9.18 Å². The van der Waals surface area contributed by atoms with Crippen molar-refractivity contribution in [2.45, 2.75) is 19.1 Å². The normalized spacial score (nSPS) is 23.3. The van der Waals surface area contributed by atoms with Gasteiger partial charge in [-0.2, -0.15) is 0 Å². The van der Waals surface area contributed by atoms with E-state index in [9.17, 15) is 9.18 Å². The highest BCUT2D eigenvalue weighted by atomic mass is 19.1. The number of hydrogen-bond donors (Lipinski definition) is 1. The van der Waals surface area contributed by atoms with Crippen LogP contribution in [0.25, 0.3) is 0 Å². The van der Waals surface area contributed by atoms with Crippen molar-refractivity contribution in [1.82, 2.24) is 4.90 Å². The number of anilines is 1. The zero-order chi connectivity index (χ0) is 14.7. The number of hydrogen-bond acceptors (Lipinski definition) is 3. The fourth-order valence-electron chi connectivity index (χ4n) is 2.80. The largest absolute Gasteiger partial charge is 0.350 e. The number of likely N-dealkylation sites (tertiary alicyclic amines) is 1. The minimum absolute atomic E-state index is 0.163. The van der Waals surface area contributed by atoms with Crippen molar-refractivity contribution >= 4 is 11.7 Å². The summed E-state index contributed by atoms with van der Waals surface area (Å²) in [4.78, 5) is 14.0. The van der Waals surface area contributed by atoms with Gasteiger partial charge in [0.2, 0.25) is 0 Å². The first-order chi connectivity index (χ1) is 10.2. The molecule has 6 heteroatoms. The highest BCUT2D eigenvalue weighted by Crippen LogP contribution is 2.25. The molecule has 3 rings (SSSR count). The van der Waals surface area contributed by atoms with Gasteiger partial charge in [0.05, 0.1) is 13.2 Å². The molecule has 1 atom stereocenters. The van der Waals surface area contributed by atoms with Crippen molar-refractivity contribution in [3.05, 3.63) is 30.1 Å². The summed E-state index contributed by atoms with van der Waals surface area (Å²) >= 11 is 0. The summed E-state index contributed by atoms with van der Waals surface area (Å²) in [6.45, 7) is 2.60. The zero-order valence-electron chi connectivity index (χ0n) is 11.8. The van der Waals surface area contributed by atoms with Crippen molar-refractivity contribution < 1.29 is 18.7 Å². The first-order valence-corrected chi connectivity index (χ1v) is 7.27. The number of benzene rings is 1. The predicted octanol–water partition coefficient (Wildman–Crippen LogP) is 2.44. The second-order valence-electron chi connectivity index (χ2n) is 5.40. The Labute approximate surface area is 123 Å². The number of halogens is 1. The average Bonchev–Trinajstić information content (AvgIpc) is 3.04. The molecule has 1 N–H and O–H groups in total.